The molecule has 2 aromatic heterocycles. The first-order chi connectivity index (χ1) is 13.6. The predicted molar refractivity (Wildman–Crippen MR) is 103 cm³/mol. The van der Waals surface area contributed by atoms with Crippen LogP contribution in [0.1, 0.15) is 22.1 Å². The lowest BCUT2D eigenvalue weighted by Gasteiger charge is -2.16. The van der Waals surface area contributed by atoms with Gasteiger partial charge in [0.25, 0.3) is 5.91 Å². The van der Waals surface area contributed by atoms with Crippen molar-refractivity contribution in [1.29, 1.82) is 0 Å². The van der Waals surface area contributed by atoms with Crippen LogP contribution >= 0.6 is 0 Å². The van der Waals surface area contributed by atoms with Crippen molar-refractivity contribution in [2.45, 2.75) is 6.04 Å². The number of halogens is 1. The van der Waals surface area contributed by atoms with Gasteiger partial charge < -0.3 is 10.4 Å². The molecule has 1 unspecified atom stereocenters. The summed E-state index contributed by atoms with van der Waals surface area (Å²) in [5.74, 6) is -0.875. The minimum absolute atomic E-state index is 0.215. The zero-order valence-electron chi connectivity index (χ0n) is 14.8. The Labute approximate surface area is 160 Å². The van der Waals surface area contributed by atoms with E-state index < -0.39 is 17.8 Å². The van der Waals surface area contributed by atoms with Crippen LogP contribution in [0, 0.1) is 5.82 Å². The quantitative estimate of drug-likeness (QED) is 0.499. The van der Waals surface area contributed by atoms with Crippen LogP contribution in [0.2, 0.25) is 0 Å². The van der Waals surface area contributed by atoms with Crippen LogP contribution in [0.4, 0.5) is 4.39 Å². The molecule has 2 heterocycles. The molecule has 4 aromatic rings. The lowest BCUT2D eigenvalue weighted by molar-refractivity contribution is 0.0911. The van der Waals surface area contributed by atoms with E-state index in [1.807, 2.05) is 18.2 Å². The summed E-state index contributed by atoms with van der Waals surface area (Å²) >= 11 is 0. The molecule has 2 aromatic carbocycles. The van der Waals surface area contributed by atoms with Crippen molar-refractivity contribution < 1.29 is 14.3 Å². The summed E-state index contributed by atoms with van der Waals surface area (Å²) in [6, 6.07) is 12.6. The van der Waals surface area contributed by atoms with Gasteiger partial charge >= 0.3 is 0 Å². The number of aliphatic hydroxyl groups excluding tert-OH is 1. The first kappa shape index (κ1) is 17.8. The molecule has 6 nitrogen and oxygen atoms in total. The van der Waals surface area contributed by atoms with Crippen molar-refractivity contribution in [2.75, 3.05) is 6.61 Å². The number of hydrogen-bond donors (Lipinski definition) is 3. The number of rotatable bonds is 5. The maximum atomic E-state index is 13.4. The second kappa shape index (κ2) is 7.58. The third kappa shape index (κ3) is 3.60. The number of carbonyl (C=O) groups is 1. The van der Waals surface area contributed by atoms with Gasteiger partial charge in [0.15, 0.2) is 0 Å². The number of aromatic amines is 1. The van der Waals surface area contributed by atoms with E-state index in [2.05, 4.69) is 20.5 Å². The highest BCUT2D eigenvalue weighted by Crippen LogP contribution is 2.24. The third-order valence-electron chi connectivity index (χ3n) is 4.52. The normalized spacial score (nSPS) is 12.1. The molecule has 0 saturated carbocycles. The summed E-state index contributed by atoms with van der Waals surface area (Å²) < 4.78 is 13.4. The zero-order valence-corrected chi connectivity index (χ0v) is 14.8. The summed E-state index contributed by atoms with van der Waals surface area (Å²) in [4.78, 5) is 16.8. The van der Waals surface area contributed by atoms with Crippen LogP contribution in [0.15, 0.2) is 67.1 Å². The molecule has 0 aliphatic carbocycles. The Balaban J connectivity index is 1.61. The van der Waals surface area contributed by atoms with E-state index in [4.69, 9.17) is 0 Å². The smallest absolute Gasteiger partial charge is 0.270 e. The highest BCUT2D eigenvalue weighted by molar-refractivity contribution is 5.97. The van der Waals surface area contributed by atoms with Crippen LogP contribution in [0.3, 0.4) is 0 Å². The first-order valence-corrected chi connectivity index (χ1v) is 8.70. The molecule has 140 valence electrons. The largest absolute Gasteiger partial charge is 0.394 e. The molecule has 28 heavy (non-hydrogen) atoms. The number of hydrogen-bond acceptors (Lipinski definition) is 4. The summed E-state index contributed by atoms with van der Waals surface area (Å²) in [7, 11) is 0. The number of amides is 1. The standard InChI is InChI=1S/C21H17FN4O2/c22-18-3-1-2-14(7-18)20(12-27)26-21(28)19-8-16-6-13(17-10-24-25-11-17)4-5-15(16)9-23-19/h1-11,20,27H,12H2,(H,24,25)(H,26,28). The molecule has 0 aliphatic heterocycles. The lowest BCUT2D eigenvalue weighted by atomic mass is 10.0. The first-order valence-electron chi connectivity index (χ1n) is 8.70. The fraction of sp³-hybridized carbons (Fsp3) is 0.0952. The second-order valence-corrected chi connectivity index (χ2v) is 6.38. The monoisotopic (exact) mass is 376 g/mol. The van der Waals surface area contributed by atoms with Gasteiger partial charge in [0, 0.05) is 23.3 Å². The Morgan fingerprint density at radius 1 is 1.11 bits per heavy atom. The van der Waals surface area contributed by atoms with Gasteiger partial charge in [-0.2, -0.15) is 5.10 Å². The topological polar surface area (TPSA) is 90.9 Å². The van der Waals surface area contributed by atoms with Crippen molar-refractivity contribution in [2.24, 2.45) is 0 Å². The fourth-order valence-corrected chi connectivity index (χ4v) is 3.04. The van der Waals surface area contributed by atoms with E-state index in [-0.39, 0.29) is 12.3 Å². The third-order valence-corrected chi connectivity index (χ3v) is 4.52. The minimum Gasteiger partial charge on any atom is -0.394 e. The summed E-state index contributed by atoms with van der Waals surface area (Å²) in [6.45, 7) is -0.354. The van der Waals surface area contributed by atoms with Gasteiger partial charge in [-0.1, -0.05) is 24.3 Å². The summed E-state index contributed by atoms with van der Waals surface area (Å²) in [5, 5.41) is 20.8. The number of fused-ring (bicyclic) bond motifs is 1. The van der Waals surface area contributed by atoms with Gasteiger partial charge in [0.1, 0.15) is 11.5 Å². The summed E-state index contributed by atoms with van der Waals surface area (Å²) in [6.07, 6.45) is 5.14. The number of carbonyl (C=O) groups excluding carboxylic acids is 1. The highest BCUT2D eigenvalue weighted by Gasteiger charge is 2.17. The number of aliphatic hydroxyl groups is 1. The van der Waals surface area contributed by atoms with Gasteiger partial charge in [-0.05, 0) is 40.8 Å². The number of pyridine rings is 1. The maximum Gasteiger partial charge on any atom is 0.270 e. The number of nitrogens with one attached hydrogen (secondary N) is 2. The van der Waals surface area contributed by atoms with E-state index >= 15 is 0 Å². The number of aromatic nitrogens is 3. The van der Waals surface area contributed by atoms with Crippen molar-refractivity contribution in [3.63, 3.8) is 0 Å². The Morgan fingerprint density at radius 3 is 2.75 bits per heavy atom. The van der Waals surface area contributed by atoms with Crippen molar-refractivity contribution >= 4 is 16.7 Å². The lowest BCUT2D eigenvalue weighted by Crippen LogP contribution is -2.31. The number of nitrogens with zero attached hydrogens (tertiary/aromatic N) is 2. The zero-order chi connectivity index (χ0) is 19.5. The van der Waals surface area contributed by atoms with Gasteiger partial charge in [-0.25, -0.2) is 4.39 Å². The van der Waals surface area contributed by atoms with E-state index in [0.717, 1.165) is 21.9 Å². The Morgan fingerprint density at radius 2 is 2.00 bits per heavy atom. The predicted octanol–water partition coefficient (Wildman–Crippen LogP) is 3.23. The molecular formula is C21H17FN4O2. The number of benzene rings is 2. The second-order valence-electron chi connectivity index (χ2n) is 6.38. The van der Waals surface area contributed by atoms with Crippen LogP contribution in [-0.4, -0.2) is 32.8 Å². The molecule has 1 amide bonds. The molecule has 0 spiro atoms. The van der Waals surface area contributed by atoms with Crippen LogP contribution < -0.4 is 5.32 Å². The SMILES string of the molecule is O=C(NC(CO)c1cccc(F)c1)c1cc2cc(-c3cn[nH]c3)ccc2cn1. The van der Waals surface area contributed by atoms with Crippen molar-refractivity contribution in [3.8, 4) is 11.1 Å². The minimum atomic E-state index is -0.724. The van der Waals surface area contributed by atoms with Crippen molar-refractivity contribution in [3.05, 3.63) is 84.2 Å². The van der Waals surface area contributed by atoms with E-state index in [9.17, 15) is 14.3 Å². The molecule has 4 rings (SSSR count). The maximum absolute atomic E-state index is 13.4. The van der Waals surface area contributed by atoms with Crippen LogP contribution in [0.25, 0.3) is 21.9 Å². The Kier molecular flexibility index (Phi) is 4.82. The Bertz CT molecular complexity index is 1130. The molecule has 7 heteroatoms. The molecule has 0 bridgehead atoms. The molecule has 3 N–H and O–H groups in total. The van der Waals surface area contributed by atoms with E-state index in [0.29, 0.717) is 5.56 Å². The molecule has 1 atom stereocenters. The fourth-order valence-electron chi connectivity index (χ4n) is 3.04. The average Bonchev–Trinajstić information content (AvgIpc) is 3.26. The summed E-state index contributed by atoms with van der Waals surface area (Å²) in [5.41, 5.74) is 2.61. The molecule has 0 fully saturated rings. The highest BCUT2D eigenvalue weighted by atomic mass is 19.1. The van der Waals surface area contributed by atoms with Gasteiger partial charge in [-0.3, -0.25) is 14.9 Å². The van der Waals surface area contributed by atoms with Gasteiger partial charge in [-0.15, -0.1) is 0 Å². The van der Waals surface area contributed by atoms with Gasteiger partial charge in [0.05, 0.1) is 18.8 Å². The Hall–Kier alpha value is -3.58. The number of H-pyrrole nitrogens is 1. The van der Waals surface area contributed by atoms with Gasteiger partial charge in [0.2, 0.25) is 0 Å². The van der Waals surface area contributed by atoms with Crippen LogP contribution in [0.5, 0.6) is 0 Å². The van der Waals surface area contributed by atoms with Crippen molar-refractivity contribution in [1.82, 2.24) is 20.5 Å². The molecular weight excluding hydrogens is 359 g/mol. The van der Waals surface area contributed by atoms with E-state index in [1.54, 1.807) is 30.7 Å². The van der Waals surface area contributed by atoms with Crippen LogP contribution in [-0.2, 0) is 0 Å². The molecule has 0 radical (unpaired) electrons. The molecule has 0 saturated heterocycles. The average molecular weight is 376 g/mol. The van der Waals surface area contributed by atoms with E-state index in [1.165, 1.54) is 18.2 Å². The molecule has 0 aliphatic rings.